The van der Waals surface area contributed by atoms with E-state index in [1.165, 1.54) is 13.2 Å². The molecule has 0 bridgehead atoms. The molecule has 1 amide bonds. The van der Waals surface area contributed by atoms with E-state index in [9.17, 15) is 14.7 Å². The van der Waals surface area contributed by atoms with E-state index in [1.54, 1.807) is 18.2 Å². The number of hydrogen-bond acceptors (Lipinski definition) is 8. The summed E-state index contributed by atoms with van der Waals surface area (Å²) in [7, 11) is 0. The molecule has 35 heavy (non-hydrogen) atoms. The third kappa shape index (κ3) is 5.01. The Hall–Kier alpha value is -3.44. The van der Waals surface area contributed by atoms with Gasteiger partial charge in [-0.25, -0.2) is 4.79 Å². The number of rotatable bonds is 7. The van der Waals surface area contributed by atoms with Crippen LogP contribution in [-0.2, 0) is 28.5 Å². The van der Waals surface area contributed by atoms with Gasteiger partial charge in [0.05, 0.1) is 12.9 Å². The molecule has 1 aromatic heterocycles. The van der Waals surface area contributed by atoms with Crippen molar-refractivity contribution in [2.24, 2.45) is 0 Å². The zero-order valence-electron chi connectivity index (χ0n) is 18.9. The minimum Gasteiger partial charge on any atom is -0.480 e. The molecule has 0 spiro atoms. The number of nitrogens with one attached hydrogen (secondary N) is 1. The Labute approximate surface area is 200 Å². The maximum absolute atomic E-state index is 12.1. The molecule has 3 heterocycles. The normalized spacial score (nSPS) is 28.3. The molecule has 0 saturated carbocycles. The van der Waals surface area contributed by atoms with Gasteiger partial charge in [0, 0.05) is 12.3 Å². The van der Waals surface area contributed by atoms with E-state index in [2.05, 4.69) is 5.32 Å². The predicted molar refractivity (Wildman–Crippen MR) is 120 cm³/mol. The molecule has 6 atom stereocenters. The maximum atomic E-state index is 12.1. The van der Waals surface area contributed by atoms with Crippen molar-refractivity contribution in [3.05, 3.63) is 66.6 Å². The van der Waals surface area contributed by atoms with Gasteiger partial charge in [0.2, 0.25) is 18.5 Å². The number of fused-ring (bicyclic) bond motifs is 2. The molecule has 6 unspecified atom stereocenters. The van der Waals surface area contributed by atoms with Crippen molar-refractivity contribution < 1.29 is 42.8 Å². The van der Waals surface area contributed by atoms with Gasteiger partial charge in [0.25, 0.3) is 0 Å². The summed E-state index contributed by atoms with van der Waals surface area (Å²) in [6, 6.07) is 15.9. The highest BCUT2D eigenvalue weighted by molar-refractivity contribution is 5.88. The van der Waals surface area contributed by atoms with E-state index in [1.807, 2.05) is 36.4 Å². The zero-order valence-corrected chi connectivity index (χ0v) is 18.9. The van der Waals surface area contributed by atoms with E-state index >= 15 is 0 Å². The van der Waals surface area contributed by atoms with Crippen molar-refractivity contribution >= 4 is 22.6 Å². The second-order valence-corrected chi connectivity index (χ2v) is 8.32. The van der Waals surface area contributed by atoms with Crippen LogP contribution in [0, 0.1) is 0 Å². The standard InChI is InChI=1S/C25H25NO9/c1-14(27)26-21-23(31-13-20(28)29)22-19(12-32-24(35-22)18-10-5-11-30-18)34-25(21)33-17-9-4-7-15-6-2-3-8-16(15)17/h2-11,19,21-25H,12-13H2,1H3,(H,26,27)(H,28,29). The van der Waals surface area contributed by atoms with Gasteiger partial charge in [-0.05, 0) is 23.6 Å². The molecular weight excluding hydrogens is 458 g/mol. The van der Waals surface area contributed by atoms with Gasteiger partial charge in [0.15, 0.2) is 5.76 Å². The van der Waals surface area contributed by atoms with Gasteiger partial charge in [-0.1, -0.05) is 36.4 Å². The van der Waals surface area contributed by atoms with E-state index in [-0.39, 0.29) is 12.5 Å². The molecule has 2 aliphatic heterocycles. The third-order valence-electron chi connectivity index (χ3n) is 5.88. The molecule has 2 aliphatic rings. The maximum Gasteiger partial charge on any atom is 0.329 e. The molecule has 0 aliphatic carbocycles. The number of carbonyl (C=O) groups is 2. The summed E-state index contributed by atoms with van der Waals surface area (Å²) in [5, 5.41) is 13.9. The van der Waals surface area contributed by atoms with Gasteiger partial charge in [-0.3, -0.25) is 4.79 Å². The summed E-state index contributed by atoms with van der Waals surface area (Å²) in [5.41, 5.74) is 0. The topological polar surface area (TPSA) is 126 Å². The second kappa shape index (κ2) is 10.0. The first-order chi connectivity index (χ1) is 17.0. The van der Waals surface area contributed by atoms with Crippen LogP contribution in [0.3, 0.4) is 0 Å². The van der Waals surface area contributed by atoms with Crippen LogP contribution in [0.2, 0.25) is 0 Å². The first-order valence-corrected chi connectivity index (χ1v) is 11.2. The fraction of sp³-hybridized carbons (Fsp3) is 0.360. The number of aliphatic carboxylic acids is 1. The van der Waals surface area contributed by atoms with Gasteiger partial charge in [0.1, 0.15) is 36.7 Å². The SMILES string of the molecule is CC(=O)NC1C(Oc2cccc3ccccc23)OC2COC(c3ccco3)OC2C1OCC(=O)O. The molecule has 2 fully saturated rings. The lowest BCUT2D eigenvalue weighted by Gasteiger charge is -2.48. The van der Waals surface area contributed by atoms with Crippen LogP contribution in [0.4, 0.5) is 0 Å². The molecule has 10 nitrogen and oxygen atoms in total. The Bertz CT molecular complexity index is 1180. The van der Waals surface area contributed by atoms with Crippen LogP contribution < -0.4 is 10.1 Å². The lowest BCUT2D eigenvalue weighted by molar-refractivity contribution is -0.340. The molecule has 2 N–H and O–H groups in total. The van der Waals surface area contributed by atoms with Gasteiger partial charge >= 0.3 is 5.97 Å². The highest BCUT2D eigenvalue weighted by atomic mass is 16.8. The third-order valence-corrected chi connectivity index (χ3v) is 5.88. The number of carboxylic acid groups (broad SMARTS) is 1. The number of benzene rings is 2. The summed E-state index contributed by atoms with van der Waals surface area (Å²) in [6.07, 6.45) is -2.66. The van der Waals surface area contributed by atoms with Crippen LogP contribution in [0.15, 0.2) is 65.3 Å². The van der Waals surface area contributed by atoms with Crippen LogP contribution >= 0.6 is 0 Å². The molecule has 10 heteroatoms. The van der Waals surface area contributed by atoms with E-state index in [0.717, 1.165) is 10.8 Å². The van der Waals surface area contributed by atoms with Crippen molar-refractivity contribution in [2.75, 3.05) is 13.2 Å². The average molecular weight is 483 g/mol. The molecule has 5 rings (SSSR count). The predicted octanol–water partition coefficient (Wildman–Crippen LogP) is 2.63. The Morgan fingerprint density at radius 2 is 1.91 bits per heavy atom. The van der Waals surface area contributed by atoms with Crippen molar-refractivity contribution in [3.8, 4) is 5.75 Å². The van der Waals surface area contributed by atoms with Crippen molar-refractivity contribution in [1.29, 1.82) is 0 Å². The highest BCUT2D eigenvalue weighted by Crippen LogP contribution is 2.37. The van der Waals surface area contributed by atoms with E-state index in [4.69, 9.17) is 28.1 Å². The zero-order chi connectivity index (χ0) is 24.4. The Balaban J connectivity index is 1.47. The second-order valence-electron chi connectivity index (χ2n) is 8.32. The number of carbonyl (C=O) groups excluding carboxylic acids is 1. The average Bonchev–Trinajstić information content (AvgIpc) is 3.38. The van der Waals surface area contributed by atoms with Crippen LogP contribution in [0.5, 0.6) is 5.75 Å². The first kappa shape index (κ1) is 23.3. The first-order valence-electron chi connectivity index (χ1n) is 11.2. The summed E-state index contributed by atoms with van der Waals surface area (Å²) >= 11 is 0. The van der Waals surface area contributed by atoms with Crippen molar-refractivity contribution in [1.82, 2.24) is 5.32 Å². The van der Waals surface area contributed by atoms with Gasteiger partial charge in [-0.15, -0.1) is 0 Å². The van der Waals surface area contributed by atoms with E-state index < -0.39 is 49.5 Å². The van der Waals surface area contributed by atoms with Gasteiger partial charge in [-0.2, -0.15) is 0 Å². The monoisotopic (exact) mass is 483 g/mol. The number of carboxylic acids is 1. The minimum absolute atomic E-state index is 0.116. The Morgan fingerprint density at radius 3 is 2.69 bits per heavy atom. The fourth-order valence-corrected chi connectivity index (χ4v) is 4.42. The summed E-state index contributed by atoms with van der Waals surface area (Å²) in [4.78, 5) is 23.5. The minimum atomic E-state index is -1.16. The molecule has 2 saturated heterocycles. The highest BCUT2D eigenvalue weighted by Gasteiger charge is 2.52. The lowest BCUT2D eigenvalue weighted by atomic mass is 9.95. The number of amides is 1. The molecular formula is C25H25NO9. The summed E-state index contributed by atoms with van der Waals surface area (Å²) in [5.74, 6) is -0.520. The summed E-state index contributed by atoms with van der Waals surface area (Å²) in [6.45, 7) is 0.873. The van der Waals surface area contributed by atoms with Crippen molar-refractivity contribution in [3.63, 3.8) is 0 Å². The van der Waals surface area contributed by atoms with Crippen LogP contribution in [0.1, 0.15) is 19.0 Å². The number of furan rings is 1. The van der Waals surface area contributed by atoms with Gasteiger partial charge < -0.3 is 38.5 Å². The fourth-order valence-electron chi connectivity index (χ4n) is 4.42. The molecule has 2 aromatic carbocycles. The van der Waals surface area contributed by atoms with Crippen molar-refractivity contribution in [2.45, 2.75) is 43.9 Å². The number of hydrogen-bond donors (Lipinski definition) is 2. The smallest absolute Gasteiger partial charge is 0.329 e. The number of ether oxygens (including phenoxy) is 5. The van der Waals surface area contributed by atoms with Crippen LogP contribution in [0.25, 0.3) is 10.8 Å². The Morgan fingerprint density at radius 1 is 1.09 bits per heavy atom. The van der Waals surface area contributed by atoms with Crippen LogP contribution in [-0.4, -0.2) is 60.8 Å². The van der Waals surface area contributed by atoms with E-state index in [0.29, 0.717) is 11.5 Å². The summed E-state index contributed by atoms with van der Waals surface area (Å²) < 4.78 is 35.5. The lowest BCUT2D eigenvalue weighted by Crippen LogP contribution is -2.68. The molecule has 184 valence electrons. The molecule has 0 radical (unpaired) electrons. The molecule has 3 aromatic rings. The largest absolute Gasteiger partial charge is 0.480 e. The Kier molecular flexibility index (Phi) is 6.69. The quantitative estimate of drug-likeness (QED) is 0.522.